The van der Waals surface area contributed by atoms with Gasteiger partial charge in [-0.2, -0.15) is 0 Å². The van der Waals surface area contributed by atoms with Gasteiger partial charge in [0, 0.05) is 10.6 Å². The number of rotatable bonds is 7. The molecule has 0 aliphatic heterocycles. The van der Waals surface area contributed by atoms with Crippen molar-refractivity contribution < 1.29 is 24.2 Å². The number of carboxylic acid groups (broad SMARTS) is 1. The van der Waals surface area contributed by atoms with Gasteiger partial charge in [0.05, 0.1) is 40.0 Å². The number of anilines is 2. The van der Waals surface area contributed by atoms with Gasteiger partial charge in [-0.25, -0.2) is 4.79 Å². The van der Waals surface area contributed by atoms with Crippen LogP contribution in [0.4, 0.5) is 16.2 Å². The maximum Gasteiger partial charge on any atom is 0.412 e. The number of nitrogens with zero attached hydrogens (tertiary/aromatic N) is 1. The highest BCUT2D eigenvalue weighted by atomic mass is 35.5. The van der Waals surface area contributed by atoms with Crippen LogP contribution in [-0.4, -0.2) is 28.1 Å². The van der Waals surface area contributed by atoms with Crippen molar-refractivity contribution in [2.75, 3.05) is 10.6 Å². The molecule has 1 fully saturated rings. The number of carbonyl (C=O) groups is 3. The first kappa shape index (κ1) is 25.7. The van der Waals surface area contributed by atoms with E-state index in [9.17, 15) is 19.5 Å². The topological polar surface area (TPSA) is 118 Å². The number of nitrogens with one attached hydrogen (secondary N) is 2. The number of hydrogen-bond donors (Lipinski definition) is 3. The third kappa shape index (κ3) is 6.03. The average molecular weight is 528 g/mol. The van der Waals surface area contributed by atoms with E-state index in [1.54, 1.807) is 37.3 Å². The molecule has 0 spiro atoms. The summed E-state index contributed by atoms with van der Waals surface area (Å²) in [4.78, 5) is 41.9. The van der Waals surface area contributed by atoms with Crippen molar-refractivity contribution in [3.63, 3.8) is 0 Å². The van der Waals surface area contributed by atoms with Gasteiger partial charge >= 0.3 is 12.1 Å². The van der Waals surface area contributed by atoms with Crippen LogP contribution in [0.15, 0.2) is 54.0 Å². The number of hydrogen-bond acceptors (Lipinski definition) is 6. The molecule has 8 nitrogen and oxygen atoms in total. The van der Waals surface area contributed by atoms with Gasteiger partial charge in [-0.3, -0.25) is 19.9 Å². The summed E-state index contributed by atoms with van der Waals surface area (Å²) in [7, 11) is 0. The second kappa shape index (κ2) is 11.5. The zero-order valence-corrected chi connectivity index (χ0v) is 21.1. The molecule has 36 heavy (non-hydrogen) atoms. The van der Waals surface area contributed by atoms with E-state index in [1.807, 2.05) is 17.5 Å². The number of amides is 2. The second-order valence-corrected chi connectivity index (χ2v) is 9.94. The monoisotopic (exact) mass is 527 g/mol. The number of thiophene rings is 1. The molecule has 1 aliphatic carbocycles. The van der Waals surface area contributed by atoms with E-state index in [0.29, 0.717) is 40.5 Å². The summed E-state index contributed by atoms with van der Waals surface area (Å²) < 4.78 is 5.49. The van der Waals surface area contributed by atoms with E-state index in [4.69, 9.17) is 16.3 Å². The molecule has 0 saturated heterocycles. The van der Waals surface area contributed by atoms with Gasteiger partial charge in [-0.05, 0) is 49.4 Å². The highest BCUT2D eigenvalue weighted by Crippen LogP contribution is 2.34. The van der Waals surface area contributed by atoms with Crippen molar-refractivity contribution in [1.82, 2.24) is 4.98 Å². The van der Waals surface area contributed by atoms with Crippen molar-refractivity contribution >= 4 is 52.3 Å². The zero-order valence-electron chi connectivity index (χ0n) is 19.6. The first-order valence-electron chi connectivity index (χ1n) is 11.6. The van der Waals surface area contributed by atoms with Crippen molar-refractivity contribution in [3.8, 4) is 10.6 Å². The van der Waals surface area contributed by atoms with Crippen LogP contribution < -0.4 is 10.6 Å². The number of aliphatic carboxylic acids is 1. The molecule has 1 aliphatic rings. The van der Waals surface area contributed by atoms with Gasteiger partial charge in [0.1, 0.15) is 6.10 Å². The predicted octanol–water partition coefficient (Wildman–Crippen LogP) is 6.60. The molecule has 1 saturated carbocycles. The summed E-state index contributed by atoms with van der Waals surface area (Å²) in [6, 6.07) is 12.4. The number of ether oxygens (including phenoxy) is 1. The number of benzene rings is 1. The fourth-order valence-corrected chi connectivity index (χ4v) is 5.47. The average Bonchev–Trinajstić information content (AvgIpc) is 3.32. The second-order valence-electron chi connectivity index (χ2n) is 8.61. The van der Waals surface area contributed by atoms with Crippen LogP contribution in [0.2, 0.25) is 5.02 Å². The standard InChI is InChI=1S/C26H26ClN3O5S/c1-15(17-6-4-5-9-20(17)27)35-26(34)30-22-12-13-36-23(22)21-11-10-16(14-28-21)29-24(31)18-7-2-3-8-19(18)25(32)33/h4-6,9-15,18-19H,2-3,7-8H2,1H3,(H,29,31)(H,30,34)(H,32,33)/t15-,18+,19+/m1/s1. The molecular weight excluding hydrogens is 502 g/mol. The lowest BCUT2D eigenvalue weighted by molar-refractivity contribution is -0.147. The van der Waals surface area contributed by atoms with Gasteiger partial charge in [0.25, 0.3) is 0 Å². The third-order valence-electron chi connectivity index (χ3n) is 6.21. The van der Waals surface area contributed by atoms with Crippen LogP contribution in [0.5, 0.6) is 0 Å². The number of carbonyl (C=O) groups excluding carboxylic acids is 2. The fraction of sp³-hybridized carbons (Fsp3) is 0.308. The van der Waals surface area contributed by atoms with Gasteiger partial charge in [0.15, 0.2) is 0 Å². The molecule has 1 aromatic carbocycles. The number of pyridine rings is 1. The van der Waals surface area contributed by atoms with E-state index < -0.39 is 30.0 Å². The van der Waals surface area contributed by atoms with Crippen LogP contribution in [0.1, 0.15) is 44.3 Å². The van der Waals surface area contributed by atoms with Crippen LogP contribution >= 0.6 is 22.9 Å². The highest BCUT2D eigenvalue weighted by molar-refractivity contribution is 7.14. The zero-order chi connectivity index (χ0) is 25.7. The van der Waals surface area contributed by atoms with Crippen LogP contribution in [0.25, 0.3) is 10.6 Å². The minimum atomic E-state index is -0.930. The molecule has 4 rings (SSSR count). The first-order chi connectivity index (χ1) is 17.3. The molecule has 188 valence electrons. The van der Waals surface area contributed by atoms with Crippen molar-refractivity contribution in [1.29, 1.82) is 0 Å². The molecular formula is C26H26ClN3O5S. The Labute approximate surface area is 217 Å². The normalized spacial score (nSPS) is 18.2. The summed E-state index contributed by atoms with van der Waals surface area (Å²) in [5.41, 5.74) is 2.35. The summed E-state index contributed by atoms with van der Waals surface area (Å²) in [5.74, 6) is -2.44. The van der Waals surface area contributed by atoms with Crippen molar-refractivity contribution in [3.05, 3.63) is 64.6 Å². The molecule has 2 aromatic heterocycles. The Morgan fingerprint density at radius 3 is 2.53 bits per heavy atom. The maximum absolute atomic E-state index is 12.7. The smallest absolute Gasteiger partial charge is 0.412 e. The number of halogens is 1. The molecule has 0 radical (unpaired) electrons. The first-order valence-corrected chi connectivity index (χ1v) is 12.9. The molecule has 2 heterocycles. The van der Waals surface area contributed by atoms with Gasteiger partial charge in [0.2, 0.25) is 5.91 Å². The number of carboxylic acids is 1. The van der Waals surface area contributed by atoms with Crippen molar-refractivity contribution in [2.45, 2.75) is 38.7 Å². The minimum Gasteiger partial charge on any atom is -0.481 e. The van der Waals surface area contributed by atoms with Crippen molar-refractivity contribution in [2.24, 2.45) is 11.8 Å². The Balaban J connectivity index is 1.39. The lowest BCUT2D eigenvalue weighted by atomic mass is 9.78. The van der Waals surface area contributed by atoms with Gasteiger partial charge in [-0.15, -0.1) is 11.3 Å². The molecule has 0 unspecified atom stereocenters. The highest BCUT2D eigenvalue weighted by Gasteiger charge is 2.35. The summed E-state index contributed by atoms with van der Waals surface area (Å²) in [5, 5.41) is 17.3. The lowest BCUT2D eigenvalue weighted by Crippen LogP contribution is -2.36. The Kier molecular flexibility index (Phi) is 8.22. The Bertz CT molecular complexity index is 1250. The number of aromatic nitrogens is 1. The molecule has 10 heteroatoms. The van der Waals surface area contributed by atoms with E-state index in [0.717, 1.165) is 17.7 Å². The molecule has 3 aromatic rings. The van der Waals surface area contributed by atoms with Crippen LogP contribution in [-0.2, 0) is 14.3 Å². The molecule has 0 bridgehead atoms. The predicted molar refractivity (Wildman–Crippen MR) is 139 cm³/mol. The molecule has 3 atom stereocenters. The van der Waals surface area contributed by atoms with Gasteiger partial charge in [-0.1, -0.05) is 42.6 Å². The van der Waals surface area contributed by atoms with E-state index in [1.165, 1.54) is 17.5 Å². The van der Waals surface area contributed by atoms with Crippen LogP contribution in [0, 0.1) is 11.8 Å². The van der Waals surface area contributed by atoms with Crippen LogP contribution in [0.3, 0.4) is 0 Å². The largest absolute Gasteiger partial charge is 0.481 e. The Morgan fingerprint density at radius 2 is 1.83 bits per heavy atom. The summed E-state index contributed by atoms with van der Waals surface area (Å²) >= 11 is 7.59. The fourth-order valence-electron chi connectivity index (χ4n) is 4.35. The lowest BCUT2D eigenvalue weighted by Gasteiger charge is -2.27. The third-order valence-corrected chi connectivity index (χ3v) is 7.49. The minimum absolute atomic E-state index is 0.300. The summed E-state index contributed by atoms with van der Waals surface area (Å²) in [6.07, 6.45) is 3.10. The van der Waals surface area contributed by atoms with E-state index in [-0.39, 0.29) is 5.91 Å². The summed E-state index contributed by atoms with van der Waals surface area (Å²) in [6.45, 7) is 1.75. The van der Waals surface area contributed by atoms with E-state index in [2.05, 4.69) is 15.6 Å². The van der Waals surface area contributed by atoms with Gasteiger partial charge < -0.3 is 15.2 Å². The molecule has 2 amide bonds. The maximum atomic E-state index is 12.7. The SMILES string of the molecule is C[C@@H](OC(=O)Nc1ccsc1-c1ccc(NC(=O)[C@H]2CCCC[C@@H]2C(=O)O)cn1)c1ccccc1Cl. The Hall–Kier alpha value is -3.43. The quantitative estimate of drug-likeness (QED) is 0.318. The van der Waals surface area contributed by atoms with E-state index >= 15 is 0 Å². The Morgan fingerprint density at radius 1 is 1.08 bits per heavy atom. The molecule has 3 N–H and O–H groups in total.